The summed E-state index contributed by atoms with van der Waals surface area (Å²) < 4.78 is 0. The van der Waals surface area contributed by atoms with Crippen molar-refractivity contribution in [1.82, 2.24) is 15.2 Å². The van der Waals surface area contributed by atoms with E-state index in [0.29, 0.717) is 0 Å². The first-order valence-corrected chi connectivity index (χ1v) is 10.5. The van der Waals surface area contributed by atoms with Crippen LogP contribution in [0.2, 0.25) is 0 Å². The minimum atomic E-state index is -0.957. The number of allylic oxidation sites excluding steroid dienone is 1. The van der Waals surface area contributed by atoms with Crippen molar-refractivity contribution in [1.29, 1.82) is 0 Å². The molecule has 6 heteroatoms. The van der Waals surface area contributed by atoms with Crippen molar-refractivity contribution in [2.45, 2.75) is 20.3 Å². The summed E-state index contributed by atoms with van der Waals surface area (Å²) in [7, 11) is 0. The first kappa shape index (κ1) is 19.8. The minimum Gasteiger partial charge on any atom is -0.478 e. The van der Waals surface area contributed by atoms with Crippen LogP contribution < -0.4 is 0 Å². The quantitative estimate of drug-likeness (QED) is 0.390. The van der Waals surface area contributed by atoms with E-state index in [9.17, 15) is 4.79 Å². The number of hydrogen-bond donors (Lipinski definition) is 2. The van der Waals surface area contributed by atoms with Crippen molar-refractivity contribution in [2.24, 2.45) is 0 Å². The molecule has 0 saturated carbocycles. The number of nitrogens with zero attached hydrogens (tertiary/aromatic N) is 2. The van der Waals surface area contributed by atoms with Crippen molar-refractivity contribution in [2.75, 3.05) is 0 Å². The zero-order chi connectivity index (χ0) is 21.1. The lowest BCUT2D eigenvalue weighted by Gasteiger charge is -2.15. The normalized spacial score (nSPS) is 12.5. The molecule has 4 rings (SSSR count). The van der Waals surface area contributed by atoms with Crippen LogP contribution in [0.1, 0.15) is 39.9 Å². The lowest BCUT2D eigenvalue weighted by molar-refractivity contribution is -0.131. The van der Waals surface area contributed by atoms with Gasteiger partial charge < -0.3 is 5.11 Å². The molecular formula is C24H21N3O2S. The molecule has 0 aliphatic carbocycles. The van der Waals surface area contributed by atoms with Gasteiger partial charge in [0.1, 0.15) is 0 Å². The summed E-state index contributed by atoms with van der Waals surface area (Å²) in [6.07, 6.45) is 7.38. The molecule has 30 heavy (non-hydrogen) atoms. The van der Waals surface area contributed by atoms with Crippen molar-refractivity contribution in [3.63, 3.8) is 0 Å². The second-order valence-electron chi connectivity index (χ2n) is 6.92. The lowest BCUT2D eigenvalue weighted by Crippen LogP contribution is -1.94. The lowest BCUT2D eigenvalue weighted by atomic mass is 9.90. The van der Waals surface area contributed by atoms with Gasteiger partial charge in [0.25, 0.3) is 0 Å². The van der Waals surface area contributed by atoms with Gasteiger partial charge in [-0.05, 0) is 59.4 Å². The number of benzene rings is 2. The number of rotatable bonds is 6. The summed E-state index contributed by atoms with van der Waals surface area (Å²) in [5, 5.41) is 18.1. The van der Waals surface area contributed by atoms with Gasteiger partial charge in [-0.25, -0.2) is 9.78 Å². The topological polar surface area (TPSA) is 78.9 Å². The molecule has 0 fully saturated rings. The number of aryl methyl sites for hydroxylation is 1. The van der Waals surface area contributed by atoms with Crippen molar-refractivity contribution < 1.29 is 9.90 Å². The Hall–Kier alpha value is -3.51. The summed E-state index contributed by atoms with van der Waals surface area (Å²) in [4.78, 5) is 16.4. The fraction of sp³-hybridized carbons (Fsp3) is 0.125. The number of carbonyl (C=O) groups is 1. The Morgan fingerprint density at radius 2 is 1.90 bits per heavy atom. The Morgan fingerprint density at radius 3 is 2.57 bits per heavy atom. The third kappa shape index (κ3) is 4.09. The van der Waals surface area contributed by atoms with E-state index in [1.54, 1.807) is 17.4 Å². The van der Waals surface area contributed by atoms with E-state index in [0.717, 1.165) is 55.5 Å². The Balaban J connectivity index is 1.89. The number of carboxylic acids is 1. The van der Waals surface area contributed by atoms with Crippen molar-refractivity contribution >= 4 is 45.4 Å². The van der Waals surface area contributed by atoms with Gasteiger partial charge in [-0.2, -0.15) is 5.10 Å². The van der Waals surface area contributed by atoms with Crippen LogP contribution >= 0.6 is 11.3 Å². The molecule has 0 amide bonds. The molecule has 0 aliphatic rings. The molecule has 150 valence electrons. The van der Waals surface area contributed by atoms with Gasteiger partial charge >= 0.3 is 5.97 Å². The summed E-state index contributed by atoms with van der Waals surface area (Å²) in [6.45, 7) is 4.17. The number of H-pyrrole nitrogens is 1. The minimum absolute atomic E-state index is 0.845. The van der Waals surface area contributed by atoms with Crippen LogP contribution in [-0.2, 0) is 4.79 Å². The van der Waals surface area contributed by atoms with Gasteiger partial charge in [0, 0.05) is 17.7 Å². The number of aliphatic carboxylic acids is 1. The van der Waals surface area contributed by atoms with Crippen LogP contribution in [0.4, 0.5) is 0 Å². The zero-order valence-electron chi connectivity index (χ0n) is 16.7. The van der Waals surface area contributed by atoms with Crippen LogP contribution in [0.15, 0.2) is 60.9 Å². The van der Waals surface area contributed by atoms with Gasteiger partial charge in [0.15, 0.2) is 0 Å². The summed E-state index contributed by atoms with van der Waals surface area (Å²) in [5.41, 5.74) is 6.42. The molecule has 5 nitrogen and oxygen atoms in total. The second kappa shape index (κ2) is 8.47. The molecule has 0 radical (unpaired) electrons. The first-order valence-electron chi connectivity index (χ1n) is 9.66. The van der Waals surface area contributed by atoms with Gasteiger partial charge in [-0.15, -0.1) is 11.3 Å². The number of aromatic amines is 1. The molecule has 0 unspecified atom stereocenters. The van der Waals surface area contributed by atoms with Gasteiger partial charge in [-0.3, -0.25) is 5.10 Å². The van der Waals surface area contributed by atoms with E-state index in [2.05, 4.69) is 34.2 Å². The number of nitrogens with one attached hydrogen (secondary N) is 1. The smallest absolute Gasteiger partial charge is 0.328 e. The van der Waals surface area contributed by atoms with E-state index >= 15 is 0 Å². The van der Waals surface area contributed by atoms with E-state index in [4.69, 9.17) is 5.11 Å². The van der Waals surface area contributed by atoms with E-state index in [-0.39, 0.29) is 0 Å². The molecular weight excluding hydrogens is 394 g/mol. The molecule has 0 spiro atoms. The molecule has 0 bridgehead atoms. The van der Waals surface area contributed by atoms with E-state index in [1.165, 1.54) is 5.57 Å². The van der Waals surface area contributed by atoms with Crippen LogP contribution in [0.3, 0.4) is 0 Å². The maximum Gasteiger partial charge on any atom is 0.328 e. The fourth-order valence-corrected chi connectivity index (χ4v) is 4.42. The molecule has 2 aromatic heterocycles. The highest BCUT2D eigenvalue weighted by Crippen LogP contribution is 2.37. The summed E-state index contributed by atoms with van der Waals surface area (Å²) >= 11 is 1.69. The molecule has 0 aliphatic heterocycles. The molecule has 0 atom stereocenters. The molecule has 4 aromatic rings. The first-order chi connectivity index (χ1) is 14.5. The Kier molecular flexibility index (Phi) is 5.59. The van der Waals surface area contributed by atoms with Crippen LogP contribution in [-0.4, -0.2) is 26.3 Å². The van der Waals surface area contributed by atoms with E-state index < -0.39 is 5.97 Å². The SMILES string of the molecule is CC/C(=C(/c1ccc(/C=C/C(=O)O)cc1)c1ccc2[nH]ncc2c1)c1cnc(C)s1. The largest absolute Gasteiger partial charge is 0.478 e. The average molecular weight is 416 g/mol. The number of carboxylic acid groups (broad SMARTS) is 1. The van der Waals surface area contributed by atoms with E-state index in [1.807, 2.05) is 49.6 Å². The van der Waals surface area contributed by atoms with Gasteiger partial charge in [0.2, 0.25) is 0 Å². The van der Waals surface area contributed by atoms with Crippen molar-refractivity contribution in [3.05, 3.63) is 87.5 Å². The van der Waals surface area contributed by atoms with Crippen molar-refractivity contribution in [3.8, 4) is 0 Å². The Morgan fingerprint density at radius 1 is 1.13 bits per heavy atom. The summed E-state index contributed by atoms with van der Waals surface area (Å²) in [6, 6.07) is 14.3. The fourth-order valence-electron chi connectivity index (χ4n) is 3.52. The third-order valence-electron chi connectivity index (χ3n) is 4.92. The molecule has 2 N–H and O–H groups in total. The number of aromatic nitrogens is 3. The highest BCUT2D eigenvalue weighted by Gasteiger charge is 2.15. The maximum absolute atomic E-state index is 10.8. The second-order valence-corrected chi connectivity index (χ2v) is 8.15. The zero-order valence-corrected chi connectivity index (χ0v) is 17.5. The molecule has 0 saturated heterocycles. The highest BCUT2D eigenvalue weighted by molar-refractivity contribution is 7.12. The van der Waals surface area contributed by atoms with Crippen LogP contribution in [0.25, 0.3) is 28.1 Å². The Labute approximate surface area is 178 Å². The maximum atomic E-state index is 10.8. The predicted octanol–water partition coefficient (Wildman–Crippen LogP) is 5.79. The number of hydrogen-bond acceptors (Lipinski definition) is 4. The van der Waals surface area contributed by atoms with Gasteiger partial charge in [-0.1, -0.05) is 37.3 Å². The highest BCUT2D eigenvalue weighted by atomic mass is 32.1. The number of fused-ring (bicyclic) bond motifs is 1. The Bertz CT molecular complexity index is 1260. The monoisotopic (exact) mass is 415 g/mol. The molecule has 2 heterocycles. The van der Waals surface area contributed by atoms with Crippen LogP contribution in [0, 0.1) is 6.92 Å². The third-order valence-corrected chi connectivity index (χ3v) is 5.89. The van der Waals surface area contributed by atoms with Crippen LogP contribution in [0.5, 0.6) is 0 Å². The summed E-state index contributed by atoms with van der Waals surface area (Å²) in [5.74, 6) is -0.957. The standard InChI is InChI=1S/C24H21N3O2S/c1-3-20(22-14-25-15(2)30-22)24(18-9-10-21-19(12-18)13-26-27-21)17-7-4-16(5-8-17)6-11-23(28)29/h4-14H,3H2,1-2H3,(H,26,27)(H,28,29)/b11-6+,24-20+. The predicted molar refractivity (Wildman–Crippen MR) is 122 cm³/mol. The molecule has 2 aromatic carbocycles. The number of thiazole rings is 1. The van der Waals surface area contributed by atoms with Gasteiger partial charge in [0.05, 0.1) is 21.6 Å². The average Bonchev–Trinajstić information content (AvgIpc) is 3.39.